The lowest BCUT2D eigenvalue weighted by molar-refractivity contribution is -0.137. The van der Waals surface area contributed by atoms with Gasteiger partial charge in [0.15, 0.2) is 0 Å². The lowest BCUT2D eigenvalue weighted by Gasteiger charge is -2.27. The summed E-state index contributed by atoms with van der Waals surface area (Å²) in [5.41, 5.74) is 4.34. The molecule has 7 nitrogen and oxygen atoms in total. The van der Waals surface area contributed by atoms with Crippen molar-refractivity contribution in [1.82, 2.24) is 15.6 Å². The number of nitrogens with one attached hydrogen (secondary N) is 3. The molecule has 0 bridgehead atoms. The Morgan fingerprint density at radius 2 is 1.50 bits per heavy atom. The number of carbonyl (C=O) groups excluding carboxylic acids is 2. The van der Waals surface area contributed by atoms with Gasteiger partial charge in [0.25, 0.3) is 5.91 Å². The van der Waals surface area contributed by atoms with Crippen molar-refractivity contribution in [1.29, 1.82) is 0 Å². The van der Waals surface area contributed by atoms with Crippen molar-refractivity contribution >= 4 is 44.4 Å². The van der Waals surface area contributed by atoms with E-state index >= 15 is 0 Å². The minimum Gasteiger partial charge on any atom is -0.273 e. The molecule has 34 heavy (non-hydrogen) atoms. The maximum absolute atomic E-state index is 12.7. The largest absolute Gasteiger partial charge is 0.416 e. The first kappa shape index (κ1) is 26.4. The topological polar surface area (TPSA) is 104 Å². The Balaban J connectivity index is 1.43. The Morgan fingerprint density at radius 1 is 0.912 bits per heavy atom. The van der Waals surface area contributed by atoms with Gasteiger partial charge >= 0.3 is 6.18 Å². The quantitative estimate of drug-likeness (QED) is 0.342. The lowest BCUT2D eigenvalue weighted by Crippen LogP contribution is -2.45. The van der Waals surface area contributed by atoms with Gasteiger partial charge in [-0.05, 0) is 103 Å². The molecule has 1 saturated carbocycles. The summed E-state index contributed by atoms with van der Waals surface area (Å²) in [6, 6.07) is 10.2. The molecule has 0 unspecified atom stereocenters. The summed E-state index contributed by atoms with van der Waals surface area (Å²) in [5.74, 6) is -1.03. The number of rotatable bonds is 6. The summed E-state index contributed by atoms with van der Waals surface area (Å²) >= 11 is 2.12. The predicted octanol–water partition coefficient (Wildman–Crippen LogP) is 3.86. The number of hydrogen-bond donors (Lipinski definition) is 3. The second-order valence-corrected chi connectivity index (χ2v) is 11.1. The first-order valence-electron chi connectivity index (χ1n) is 10.5. The molecule has 0 radical (unpaired) electrons. The summed E-state index contributed by atoms with van der Waals surface area (Å²) in [5, 5.41) is 0. The zero-order chi connectivity index (χ0) is 24.9. The van der Waals surface area contributed by atoms with Crippen LogP contribution in [0.3, 0.4) is 0 Å². The summed E-state index contributed by atoms with van der Waals surface area (Å²) in [6.45, 7) is 0.126. The molecule has 3 rings (SSSR count). The maximum Gasteiger partial charge on any atom is 0.416 e. The van der Waals surface area contributed by atoms with Crippen LogP contribution < -0.4 is 15.6 Å². The van der Waals surface area contributed by atoms with E-state index in [1.807, 2.05) is 0 Å². The van der Waals surface area contributed by atoms with Crippen LogP contribution in [0.25, 0.3) is 0 Å². The van der Waals surface area contributed by atoms with Gasteiger partial charge in [-0.2, -0.15) is 13.2 Å². The van der Waals surface area contributed by atoms with Gasteiger partial charge in [-0.25, -0.2) is 13.1 Å². The molecule has 0 aliphatic heterocycles. The van der Waals surface area contributed by atoms with Crippen LogP contribution in [0.2, 0.25) is 0 Å². The molecule has 0 saturated heterocycles. The average molecular weight is 609 g/mol. The van der Waals surface area contributed by atoms with E-state index in [-0.39, 0.29) is 29.2 Å². The third kappa shape index (κ3) is 7.15. The molecule has 12 heteroatoms. The molecule has 184 valence electrons. The molecule has 2 aromatic rings. The molecular formula is C22H23F3IN3O4S. The number of amides is 2. The van der Waals surface area contributed by atoms with E-state index in [9.17, 15) is 31.2 Å². The number of alkyl halides is 3. The van der Waals surface area contributed by atoms with Gasteiger partial charge in [0.05, 0.1) is 10.5 Å². The molecule has 1 aliphatic rings. The molecule has 0 atom stereocenters. The zero-order valence-electron chi connectivity index (χ0n) is 17.9. The van der Waals surface area contributed by atoms with E-state index < -0.39 is 27.7 Å². The van der Waals surface area contributed by atoms with Crippen molar-refractivity contribution < 1.29 is 31.2 Å². The minimum absolute atomic E-state index is 0.00495. The van der Waals surface area contributed by atoms with Gasteiger partial charge in [0.1, 0.15) is 0 Å². The van der Waals surface area contributed by atoms with Gasteiger partial charge in [-0.15, -0.1) is 0 Å². The van der Waals surface area contributed by atoms with E-state index in [1.54, 1.807) is 24.3 Å². The van der Waals surface area contributed by atoms with Crippen LogP contribution >= 0.6 is 22.6 Å². The fourth-order valence-electron chi connectivity index (χ4n) is 3.66. The number of hydrazine groups is 1. The molecule has 2 aromatic carbocycles. The molecule has 1 aliphatic carbocycles. The molecule has 1 fully saturated rings. The van der Waals surface area contributed by atoms with Gasteiger partial charge < -0.3 is 0 Å². The van der Waals surface area contributed by atoms with Crippen LogP contribution in [0.1, 0.15) is 41.6 Å². The molecule has 3 N–H and O–H groups in total. The van der Waals surface area contributed by atoms with Crippen LogP contribution in [0, 0.1) is 15.4 Å². The Kier molecular flexibility index (Phi) is 8.57. The summed E-state index contributed by atoms with van der Waals surface area (Å²) < 4.78 is 66.2. The highest BCUT2D eigenvalue weighted by molar-refractivity contribution is 14.1. The Hall–Kier alpha value is -2.19. The number of hydrogen-bond acceptors (Lipinski definition) is 4. The van der Waals surface area contributed by atoms with Gasteiger partial charge in [-0.1, -0.05) is 0 Å². The first-order valence-corrected chi connectivity index (χ1v) is 13.0. The van der Waals surface area contributed by atoms with E-state index in [1.165, 1.54) is 0 Å². The van der Waals surface area contributed by atoms with Crippen molar-refractivity contribution in [2.24, 2.45) is 11.8 Å². The Bertz CT molecular complexity index is 1120. The second-order valence-electron chi connectivity index (χ2n) is 8.04. The summed E-state index contributed by atoms with van der Waals surface area (Å²) in [7, 11) is -3.94. The van der Waals surface area contributed by atoms with Crippen molar-refractivity contribution in [3.05, 3.63) is 63.2 Å². The van der Waals surface area contributed by atoms with E-state index in [2.05, 4.69) is 38.2 Å². The van der Waals surface area contributed by atoms with Gasteiger partial charge in [-0.3, -0.25) is 20.4 Å². The zero-order valence-corrected chi connectivity index (χ0v) is 20.8. The highest BCUT2D eigenvalue weighted by Crippen LogP contribution is 2.30. The number of benzene rings is 2. The fraction of sp³-hybridized carbons (Fsp3) is 0.364. The SMILES string of the molecule is O=C(NNC(=O)C1CCC(CNS(=O)(=O)c2ccc(C(F)(F)F)cc2)CC1)c1ccc(I)cc1. The Labute approximate surface area is 209 Å². The molecular weight excluding hydrogens is 586 g/mol. The smallest absolute Gasteiger partial charge is 0.273 e. The fourth-order valence-corrected chi connectivity index (χ4v) is 5.13. The molecule has 0 aromatic heterocycles. The van der Waals surface area contributed by atoms with Crippen molar-refractivity contribution in [3.8, 4) is 0 Å². The average Bonchev–Trinajstić information content (AvgIpc) is 2.81. The highest BCUT2D eigenvalue weighted by atomic mass is 127. The molecule has 0 heterocycles. The summed E-state index contributed by atoms with van der Waals surface area (Å²) in [6.07, 6.45) is -2.29. The van der Waals surface area contributed by atoms with Crippen molar-refractivity contribution in [3.63, 3.8) is 0 Å². The van der Waals surface area contributed by atoms with E-state index in [0.717, 1.165) is 27.8 Å². The monoisotopic (exact) mass is 609 g/mol. The van der Waals surface area contributed by atoms with Crippen LogP contribution in [0.4, 0.5) is 13.2 Å². The maximum atomic E-state index is 12.7. The molecule has 0 spiro atoms. The third-order valence-electron chi connectivity index (χ3n) is 5.68. The van der Waals surface area contributed by atoms with E-state index in [0.29, 0.717) is 31.2 Å². The second kappa shape index (κ2) is 11.0. The number of halogens is 4. The van der Waals surface area contributed by atoms with Crippen LogP contribution in [-0.2, 0) is 21.0 Å². The first-order chi connectivity index (χ1) is 16.0. The van der Waals surface area contributed by atoms with Crippen LogP contribution in [-0.4, -0.2) is 26.8 Å². The van der Waals surface area contributed by atoms with Crippen molar-refractivity contribution in [2.75, 3.05) is 6.54 Å². The van der Waals surface area contributed by atoms with Gasteiger partial charge in [0.2, 0.25) is 15.9 Å². The number of sulfonamides is 1. The number of carbonyl (C=O) groups is 2. The van der Waals surface area contributed by atoms with Crippen LogP contribution in [0.15, 0.2) is 53.4 Å². The van der Waals surface area contributed by atoms with Crippen molar-refractivity contribution in [2.45, 2.75) is 36.8 Å². The summed E-state index contributed by atoms with van der Waals surface area (Å²) in [4.78, 5) is 24.2. The normalized spacial score (nSPS) is 18.8. The third-order valence-corrected chi connectivity index (χ3v) is 7.84. The van der Waals surface area contributed by atoms with Crippen LogP contribution in [0.5, 0.6) is 0 Å². The standard InChI is InChI=1S/C22H23F3IN3O4S/c23-22(24,25)17-7-11-19(12-8-17)34(32,33)27-13-14-1-3-15(4-2-14)20(30)28-29-21(31)16-5-9-18(26)10-6-16/h5-12,14-15,27H,1-4,13H2,(H,28,30)(H,29,31). The molecule has 2 amide bonds. The lowest BCUT2D eigenvalue weighted by atomic mass is 9.82. The predicted molar refractivity (Wildman–Crippen MR) is 127 cm³/mol. The minimum atomic E-state index is -4.54. The highest BCUT2D eigenvalue weighted by Gasteiger charge is 2.31. The van der Waals surface area contributed by atoms with Gasteiger partial charge in [0, 0.05) is 21.6 Å². The van der Waals surface area contributed by atoms with E-state index in [4.69, 9.17) is 0 Å². The Morgan fingerprint density at radius 3 is 2.06 bits per heavy atom.